The van der Waals surface area contributed by atoms with Crippen LogP contribution in [0.3, 0.4) is 0 Å². The van der Waals surface area contributed by atoms with E-state index in [4.69, 9.17) is 16.1 Å². The third-order valence-corrected chi connectivity index (χ3v) is 0.639. The minimum absolute atomic E-state index is 0.0220. The molecule has 0 aliphatic heterocycles. The molecule has 50 valence electrons. The standard InChI is InChI=1S/C4H7N3O2/c5-1-3(6)2-7-4(8)9/h3,7H,2,6H2,(H,8,9). The predicted octanol–water partition coefficient (Wildman–Crippen LogP) is -0.895. The highest BCUT2D eigenvalue weighted by molar-refractivity contribution is 5.64. The Labute approximate surface area is 52.1 Å². The van der Waals surface area contributed by atoms with Crippen LogP contribution >= 0.6 is 0 Å². The van der Waals surface area contributed by atoms with Crippen LogP contribution in [0.4, 0.5) is 4.79 Å². The molecule has 0 heterocycles. The van der Waals surface area contributed by atoms with Gasteiger partial charge in [-0.15, -0.1) is 0 Å². The minimum Gasteiger partial charge on any atom is -0.465 e. The number of nitrogens with one attached hydrogen (secondary N) is 1. The van der Waals surface area contributed by atoms with Crippen molar-refractivity contribution in [3.05, 3.63) is 0 Å². The summed E-state index contributed by atoms with van der Waals surface area (Å²) >= 11 is 0. The highest BCUT2D eigenvalue weighted by atomic mass is 16.4. The first-order valence-corrected chi connectivity index (χ1v) is 2.29. The van der Waals surface area contributed by atoms with Crippen molar-refractivity contribution in [2.24, 2.45) is 5.73 Å². The Morgan fingerprint density at radius 3 is 2.89 bits per heavy atom. The molecule has 1 amide bonds. The molecule has 0 saturated heterocycles. The lowest BCUT2D eigenvalue weighted by atomic mass is 10.3. The van der Waals surface area contributed by atoms with Gasteiger partial charge in [-0.2, -0.15) is 5.26 Å². The van der Waals surface area contributed by atoms with E-state index < -0.39 is 12.1 Å². The molecule has 1 atom stereocenters. The first-order chi connectivity index (χ1) is 4.16. The van der Waals surface area contributed by atoms with Crippen LogP contribution in [-0.4, -0.2) is 23.8 Å². The third kappa shape index (κ3) is 4.58. The fourth-order valence-corrected chi connectivity index (χ4v) is 0.243. The van der Waals surface area contributed by atoms with Gasteiger partial charge >= 0.3 is 6.09 Å². The minimum atomic E-state index is -1.17. The number of carbonyl (C=O) groups is 1. The van der Waals surface area contributed by atoms with Crippen molar-refractivity contribution >= 4 is 6.09 Å². The monoisotopic (exact) mass is 129 g/mol. The van der Waals surface area contributed by atoms with Crippen LogP contribution in [0.25, 0.3) is 0 Å². The van der Waals surface area contributed by atoms with Crippen molar-refractivity contribution in [1.29, 1.82) is 5.26 Å². The molecule has 9 heavy (non-hydrogen) atoms. The Morgan fingerprint density at radius 1 is 2.00 bits per heavy atom. The van der Waals surface area contributed by atoms with E-state index in [0.29, 0.717) is 0 Å². The highest BCUT2D eigenvalue weighted by Gasteiger charge is 1.99. The summed E-state index contributed by atoms with van der Waals surface area (Å²) < 4.78 is 0. The summed E-state index contributed by atoms with van der Waals surface area (Å²) in [5.74, 6) is 0. The molecule has 0 rings (SSSR count). The van der Waals surface area contributed by atoms with Gasteiger partial charge in [0.05, 0.1) is 6.07 Å². The predicted molar refractivity (Wildman–Crippen MR) is 29.6 cm³/mol. The summed E-state index contributed by atoms with van der Waals surface area (Å²) in [5, 5.41) is 18.0. The Balaban J connectivity index is 3.30. The first kappa shape index (κ1) is 7.72. The van der Waals surface area contributed by atoms with Crippen LogP contribution in [-0.2, 0) is 0 Å². The molecule has 0 aliphatic rings. The van der Waals surface area contributed by atoms with E-state index >= 15 is 0 Å². The van der Waals surface area contributed by atoms with Crippen LogP contribution in [0.1, 0.15) is 0 Å². The number of nitrogens with two attached hydrogens (primary N) is 1. The van der Waals surface area contributed by atoms with E-state index in [9.17, 15) is 4.79 Å². The molecule has 0 aliphatic carbocycles. The second-order valence-electron chi connectivity index (χ2n) is 1.42. The van der Waals surface area contributed by atoms with E-state index in [2.05, 4.69) is 0 Å². The molecule has 0 aromatic carbocycles. The van der Waals surface area contributed by atoms with E-state index in [1.165, 1.54) is 0 Å². The number of rotatable bonds is 2. The average Bonchev–Trinajstić information content (AvgIpc) is 1.83. The molecule has 1 unspecified atom stereocenters. The Bertz CT molecular complexity index is 139. The number of nitriles is 1. The van der Waals surface area contributed by atoms with Crippen LogP contribution in [0.5, 0.6) is 0 Å². The molecule has 4 N–H and O–H groups in total. The van der Waals surface area contributed by atoms with Gasteiger partial charge < -0.3 is 16.2 Å². The number of amides is 1. The molecule has 0 spiro atoms. The van der Waals surface area contributed by atoms with Gasteiger partial charge in [0, 0.05) is 6.54 Å². The maximum absolute atomic E-state index is 9.74. The normalized spacial score (nSPS) is 11.6. The number of hydrogen-bond acceptors (Lipinski definition) is 3. The van der Waals surface area contributed by atoms with Crippen molar-refractivity contribution in [2.75, 3.05) is 6.54 Å². The summed E-state index contributed by atoms with van der Waals surface area (Å²) in [5.41, 5.74) is 5.03. The molecule has 5 heteroatoms. The van der Waals surface area contributed by atoms with Crippen molar-refractivity contribution in [2.45, 2.75) is 6.04 Å². The third-order valence-electron chi connectivity index (χ3n) is 0.639. The summed E-state index contributed by atoms with van der Waals surface area (Å²) in [4.78, 5) is 9.74. The van der Waals surface area contributed by atoms with Crippen LogP contribution < -0.4 is 11.1 Å². The summed E-state index contributed by atoms with van der Waals surface area (Å²) in [7, 11) is 0. The summed E-state index contributed by atoms with van der Waals surface area (Å²) in [6.45, 7) is -0.0220. The van der Waals surface area contributed by atoms with Crippen molar-refractivity contribution in [3.8, 4) is 6.07 Å². The molecule has 0 aromatic heterocycles. The molecule has 5 nitrogen and oxygen atoms in total. The van der Waals surface area contributed by atoms with Crippen LogP contribution in [0.2, 0.25) is 0 Å². The summed E-state index contributed by atoms with van der Waals surface area (Å²) in [6.07, 6.45) is -1.17. The van der Waals surface area contributed by atoms with Gasteiger partial charge in [0.1, 0.15) is 6.04 Å². The Hall–Kier alpha value is -1.28. The average molecular weight is 129 g/mol. The zero-order chi connectivity index (χ0) is 7.28. The van der Waals surface area contributed by atoms with E-state index in [0.717, 1.165) is 0 Å². The lowest BCUT2D eigenvalue weighted by Crippen LogP contribution is -2.35. The maximum atomic E-state index is 9.74. The van der Waals surface area contributed by atoms with E-state index in [1.54, 1.807) is 6.07 Å². The second kappa shape index (κ2) is 3.69. The Morgan fingerprint density at radius 2 is 2.56 bits per heavy atom. The quantitative estimate of drug-likeness (QED) is 0.450. The molecule has 0 bridgehead atoms. The lowest BCUT2D eigenvalue weighted by Gasteiger charge is -1.99. The topological polar surface area (TPSA) is 99.1 Å². The van der Waals surface area contributed by atoms with Crippen molar-refractivity contribution < 1.29 is 9.90 Å². The second-order valence-corrected chi connectivity index (χ2v) is 1.42. The number of carboxylic acid groups (broad SMARTS) is 1. The van der Waals surface area contributed by atoms with E-state index in [-0.39, 0.29) is 6.54 Å². The molecule has 0 aromatic rings. The van der Waals surface area contributed by atoms with Crippen molar-refractivity contribution in [1.82, 2.24) is 5.32 Å². The molecule has 0 saturated carbocycles. The van der Waals surface area contributed by atoms with Gasteiger partial charge in [-0.1, -0.05) is 0 Å². The van der Waals surface area contributed by atoms with Gasteiger partial charge in [-0.3, -0.25) is 0 Å². The van der Waals surface area contributed by atoms with Crippen LogP contribution in [0.15, 0.2) is 0 Å². The smallest absolute Gasteiger partial charge is 0.404 e. The SMILES string of the molecule is N#CC(N)CNC(=O)O. The highest BCUT2D eigenvalue weighted by Crippen LogP contribution is 1.69. The number of nitrogens with zero attached hydrogens (tertiary/aromatic N) is 1. The zero-order valence-corrected chi connectivity index (χ0v) is 4.66. The number of hydrogen-bond donors (Lipinski definition) is 3. The zero-order valence-electron chi connectivity index (χ0n) is 4.66. The lowest BCUT2D eigenvalue weighted by molar-refractivity contribution is 0.194. The van der Waals surface area contributed by atoms with Crippen molar-refractivity contribution in [3.63, 3.8) is 0 Å². The molecular formula is C4H7N3O2. The van der Waals surface area contributed by atoms with Gasteiger partial charge in [0.15, 0.2) is 0 Å². The van der Waals surface area contributed by atoms with Gasteiger partial charge in [0.2, 0.25) is 0 Å². The largest absolute Gasteiger partial charge is 0.465 e. The molecule has 0 radical (unpaired) electrons. The summed E-state index contributed by atoms with van der Waals surface area (Å²) in [6, 6.07) is 0.923. The van der Waals surface area contributed by atoms with Crippen LogP contribution in [0, 0.1) is 11.3 Å². The van der Waals surface area contributed by atoms with Gasteiger partial charge in [-0.05, 0) is 0 Å². The van der Waals surface area contributed by atoms with E-state index in [1.807, 2.05) is 5.32 Å². The molecular weight excluding hydrogens is 122 g/mol. The Kier molecular flexibility index (Phi) is 3.16. The fourth-order valence-electron chi connectivity index (χ4n) is 0.243. The van der Waals surface area contributed by atoms with Gasteiger partial charge in [0.25, 0.3) is 0 Å². The maximum Gasteiger partial charge on any atom is 0.404 e. The molecule has 0 fully saturated rings. The fraction of sp³-hybridized carbons (Fsp3) is 0.500. The van der Waals surface area contributed by atoms with Gasteiger partial charge in [-0.25, -0.2) is 4.79 Å². The first-order valence-electron chi connectivity index (χ1n) is 2.29.